The number of hydrogen-bond donors (Lipinski definition) is 0. The maximum absolute atomic E-state index is 2.43. The summed E-state index contributed by atoms with van der Waals surface area (Å²) in [5, 5.41) is 0. The van der Waals surface area contributed by atoms with Gasteiger partial charge in [-0.05, 0) is 48.3 Å². The number of rotatable bonds is 4. The Labute approximate surface area is 159 Å². The van der Waals surface area contributed by atoms with E-state index in [1.165, 1.54) is 27.8 Å². The van der Waals surface area contributed by atoms with Crippen LogP contribution in [-0.4, -0.2) is 0 Å². The minimum absolute atomic E-state index is 0.00130. The molecule has 26 heavy (non-hydrogen) atoms. The van der Waals surface area contributed by atoms with Crippen LogP contribution in [0.2, 0.25) is 0 Å². The predicted octanol–water partition coefficient (Wildman–Crippen LogP) is 7.12. The van der Waals surface area contributed by atoms with E-state index in [0.717, 1.165) is 6.42 Å². The van der Waals surface area contributed by atoms with Crippen molar-refractivity contribution >= 4 is 0 Å². The van der Waals surface area contributed by atoms with Gasteiger partial charge in [0, 0.05) is 5.41 Å². The van der Waals surface area contributed by atoms with Crippen molar-refractivity contribution in [1.29, 1.82) is 0 Å². The Hall–Kier alpha value is -2.08. The van der Waals surface area contributed by atoms with Crippen LogP contribution in [0.15, 0.2) is 72.3 Å². The third-order valence-electron chi connectivity index (χ3n) is 6.31. The number of benzene rings is 2. The van der Waals surface area contributed by atoms with Gasteiger partial charge in [-0.3, -0.25) is 0 Å². The molecule has 0 aliphatic heterocycles. The van der Waals surface area contributed by atoms with Gasteiger partial charge in [-0.2, -0.15) is 0 Å². The molecule has 136 valence electrons. The monoisotopic (exact) mass is 344 g/mol. The SMILES string of the molecule is CC1=CCC(C(C)(C)c2cccc(C(C)(C)c3ccc(C)cc3)c2)C=C1. The fourth-order valence-corrected chi connectivity index (χ4v) is 3.92. The zero-order chi connectivity index (χ0) is 18.9. The molecule has 0 amide bonds. The van der Waals surface area contributed by atoms with Crippen LogP contribution in [0.4, 0.5) is 0 Å². The predicted molar refractivity (Wildman–Crippen MR) is 114 cm³/mol. The molecule has 0 bridgehead atoms. The van der Waals surface area contributed by atoms with Crippen LogP contribution in [0, 0.1) is 12.8 Å². The summed E-state index contributed by atoms with van der Waals surface area (Å²) in [4.78, 5) is 0. The molecule has 0 heterocycles. The summed E-state index contributed by atoms with van der Waals surface area (Å²) in [5.74, 6) is 0.545. The molecule has 1 atom stereocenters. The maximum atomic E-state index is 2.43. The van der Waals surface area contributed by atoms with Gasteiger partial charge in [0.1, 0.15) is 0 Å². The number of hydrogen-bond acceptors (Lipinski definition) is 0. The number of aryl methyl sites for hydroxylation is 1. The Kier molecular flexibility index (Phi) is 4.97. The Bertz CT molecular complexity index is 829. The van der Waals surface area contributed by atoms with E-state index < -0.39 is 0 Å². The molecule has 1 aliphatic rings. The van der Waals surface area contributed by atoms with E-state index in [1.807, 2.05) is 0 Å². The van der Waals surface area contributed by atoms with Crippen molar-refractivity contribution in [2.45, 2.75) is 58.8 Å². The lowest BCUT2D eigenvalue weighted by molar-refractivity contribution is 0.381. The van der Waals surface area contributed by atoms with Crippen LogP contribution in [0.3, 0.4) is 0 Å². The normalized spacial score (nSPS) is 17.9. The fourth-order valence-electron chi connectivity index (χ4n) is 3.92. The summed E-state index contributed by atoms with van der Waals surface area (Å²) in [7, 11) is 0. The molecule has 2 aromatic rings. The van der Waals surface area contributed by atoms with Gasteiger partial charge in [-0.15, -0.1) is 0 Å². The summed E-state index contributed by atoms with van der Waals surface area (Å²) in [6, 6.07) is 18.2. The standard InChI is InChI=1S/C26H32/c1-19-10-14-21(15-11-19)25(3,4)23-8-7-9-24(18-23)26(5,6)22-16-12-20(2)13-17-22/h7-16,18,22H,17H2,1-6H3. The molecular weight excluding hydrogens is 312 g/mol. The fraction of sp³-hybridized carbons (Fsp3) is 0.385. The lowest BCUT2D eigenvalue weighted by atomic mass is 9.69. The van der Waals surface area contributed by atoms with Crippen LogP contribution >= 0.6 is 0 Å². The first-order valence-electron chi connectivity index (χ1n) is 9.74. The highest BCUT2D eigenvalue weighted by Gasteiger charge is 2.31. The van der Waals surface area contributed by atoms with Crippen molar-refractivity contribution < 1.29 is 0 Å². The molecule has 0 spiro atoms. The first-order valence-corrected chi connectivity index (χ1v) is 9.74. The van der Waals surface area contributed by atoms with E-state index in [1.54, 1.807) is 0 Å². The first kappa shape index (κ1) is 18.7. The highest BCUT2D eigenvalue weighted by Crippen LogP contribution is 2.40. The van der Waals surface area contributed by atoms with E-state index in [2.05, 4.69) is 108 Å². The third kappa shape index (κ3) is 3.56. The smallest absolute Gasteiger partial charge is 0.0146 e. The molecule has 0 saturated carbocycles. The summed E-state index contributed by atoms with van der Waals surface area (Å²) in [6.07, 6.45) is 8.16. The second-order valence-corrected chi connectivity index (χ2v) is 8.94. The molecule has 1 aliphatic carbocycles. The largest absolute Gasteiger partial charge is 0.0810 e. The van der Waals surface area contributed by atoms with Gasteiger partial charge < -0.3 is 0 Å². The van der Waals surface area contributed by atoms with Crippen LogP contribution in [0.25, 0.3) is 0 Å². The van der Waals surface area contributed by atoms with Gasteiger partial charge in [-0.25, -0.2) is 0 Å². The van der Waals surface area contributed by atoms with E-state index in [9.17, 15) is 0 Å². The van der Waals surface area contributed by atoms with Crippen LogP contribution in [0.5, 0.6) is 0 Å². The van der Waals surface area contributed by atoms with Crippen molar-refractivity contribution in [3.05, 3.63) is 94.6 Å². The van der Waals surface area contributed by atoms with Crippen molar-refractivity contribution in [3.8, 4) is 0 Å². The average Bonchev–Trinajstić information content (AvgIpc) is 2.62. The molecule has 0 N–H and O–H groups in total. The highest BCUT2D eigenvalue weighted by molar-refractivity contribution is 5.42. The minimum Gasteiger partial charge on any atom is -0.0810 e. The molecule has 0 heteroatoms. The van der Waals surface area contributed by atoms with Gasteiger partial charge >= 0.3 is 0 Å². The van der Waals surface area contributed by atoms with Crippen molar-refractivity contribution in [2.75, 3.05) is 0 Å². The molecule has 0 fully saturated rings. The summed E-state index contributed by atoms with van der Waals surface area (Å²) < 4.78 is 0. The Balaban J connectivity index is 1.95. The Morgan fingerprint density at radius 2 is 1.46 bits per heavy atom. The lowest BCUT2D eigenvalue weighted by Gasteiger charge is -2.35. The van der Waals surface area contributed by atoms with Gasteiger partial charge in [0.25, 0.3) is 0 Å². The highest BCUT2D eigenvalue weighted by atomic mass is 14.4. The average molecular weight is 345 g/mol. The van der Waals surface area contributed by atoms with Gasteiger partial charge in [-0.1, -0.05) is 106 Å². The molecular formula is C26H32. The van der Waals surface area contributed by atoms with Gasteiger partial charge in [0.2, 0.25) is 0 Å². The number of allylic oxidation sites excluding steroid dienone is 4. The molecule has 0 radical (unpaired) electrons. The Morgan fingerprint density at radius 1 is 0.808 bits per heavy atom. The minimum atomic E-state index is -0.00130. The molecule has 2 aromatic carbocycles. The molecule has 3 rings (SSSR count). The van der Waals surface area contributed by atoms with E-state index in [0.29, 0.717) is 5.92 Å². The summed E-state index contributed by atoms with van der Waals surface area (Å²) in [5.41, 5.74) is 7.00. The van der Waals surface area contributed by atoms with E-state index >= 15 is 0 Å². The molecule has 0 nitrogen and oxygen atoms in total. The van der Waals surface area contributed by atoms with Crippen LogP contribution < -0.4 is 0 Å². The Morgan fingerprint density at radius 3 is 2.08 bits per heavy atom. The molecule has 0 aromatic heterocycles. The summed E-state index contributed by atoms with van der Waals surface area (Å²) in [6.45, 7) is 13.8. The zero-order valence-corrected chi connectivity index (χ0v) is 17.1. The maximum Gasteiger partial charge on any atom is 0.0146 e. The molecule has 1 unspecified atom stereocenters. The third-order valence-corrected chi connectivity index (χ3v) is 6.31. The van der Waals surface area contributed by atoms with Crippen LogP contribution in [-0.2, 0) is 10.8 Å². The lowest BCUT2D eigenvalue weighted by Crippen LogP contribution is -2.29. The van der Waals surface area contributed by atoms with Crippen molar-refractivity contribution in [1.82, 2.24) is 0 Å². The summed E-state index contributed by atoms with van der Waals surface area (Å²) >= 11 is 0. The second kappa shape index (κ2) is 6.91. The topological polar surface area (TPSA) is 0 Å². The first-order chi connectivity index (χ1) is 12.2. The quantitative estimate of drug-likeness (QED) is 0.554. The van der Waals surface area contributed by atoms with E-state index in [-0.39, 0.29) is 10.8 Å². The second-order valence-electron chi connectivity index (χ2n) is 8.94. The van der Waals surface area contributed by atoms with Crippen molar-refractivity contribution in [3.63, 3.8) is 0 Å². The van der Waals surface area contributed by atoms with Gasteiger partial charge in [0.05, 0.1) is 0 Å². The molecule has 0 saturated heterocycles. The van der Waals surface area contributed by atoms with Crippen LogP contribution in [0.1, 0.15) is 63.3 Å². The van der Waals surface area contributed by atoms with Gasteiger partial charge in [0.15, 0.2) is 0 Å². The zero-order valence-electron chi connectivity index (χ0n) is 17.1. The van der Waals surface area contributed by atoms with E-state index in [4.69, 9.17) is 0 Å². The van der Waals surface area contributed by atoms with Crippen molar-refractivity contribution in [2.24, 2.45) is 5.92 Å².